The van der Waals surface area contributed by atoms with E-state index in [2.05, 4.69) is 97.4 Å². The molecule has 0 aromatic rings. The number of aliphatic hydroxyl groups is 2. The normalized spacial score (nSPS) is 15.6. The summed E-state index contributed by atoms with van der Waals surface area (Å²) in [6.07, 6.45) is 45.0. The van der Waals surface area contributed by atoms with Gasteiger partial charge in [0.1, 0.15) is 12.6 Å². The first-order valence-electron chi connectivity index (χ1n) is 22.4. The number of carbonyl (C=O) groups is 3. The fraction of sp³-hybridized carbons (Fsp3) is 0.604. The van der Waals surface area contributed by atoms with E-state index in [1.54, 1.807) is 6.08 Å². The van der Waals surface area contributed by atoms with Crippen molar-refractivity contribution in [3.05, 3.63) is 97.2 Å². The number of carbonyl (C=O) groups excluding carboxylic acids is 2. The van der Waals surface area contributed by atoms with E-state index in [4.69, 9.17) is 24.8 Å². The van der Waals surface area contributed by atoms with Gasteiger partial charge in [0, 0.05) is 12.8 Å². The average Bonchev–Trinajstić information content (AvgIpc) is 3.24. The molecule has 1 unspecified atom stereocenters. The van der Waals surface area contributed by atoms with Crippen LogP contribution in [0.4, 0.5) is 0 Å². The van der Waals surface area contributed by atoms with Gasteiger partial charge < -0.3 is 35.4 Å². The minimum absolute atomic E-state index is 0.103. The number of phosphoric acid groups is 1. The molecule has 0 aliphatic carbocycles. The first kappa shape index (κ1) is 58.3. The summed E-state index contributed by atoms with van der Waals surface area (Å²) >= 11 is 0. The molecule has 0 aromatic carbocycles. The van der Waals surface area contributed by atoms with Crippen LogP contribution in [0.2, 0.25) is 0 Å². The van der Waals surface area contributed by atoms with Crippen molar-refractivity contribution in [1.82, 2.24) is 0 Å². The highest BCUT2D eigenvalue weighted by Crippen LogP contribution is 2.43. The zero-order chi connectivity index (χ0) is 45.9. The molecule has 0 radical (unpaired) electrons. The van der Waals surface area contributed by atoms with Crippen LogP contribution in [0.15, 0.2) is 97.2 Å². The van der Waals surface area contributed by atoms with E-state index in [-0.39, 0.29) is 32.1 Å². The van der Waals surface area contributed by atoms with Crippen LogP contribution in [0.3, 0.4) is 0 Å². The quantitative estimate of drug-likeness (QED) is 0.0168. The number of aliphatic carboxylic acids is 1. The maximum Gasteiger partial charge on any atom is 0.472 e. The molecular weight excluding hydrogens is 813 g/mol. The van der Waals surface area contributed by atoms with Crippen molar-refractivity contribution in [3.63, 3.8) is 0 Å². The minimum atomic E-state index is -4.82. The molecule has 0 saturated carbocycles. The molecule has 0 spiro atoms. The Morgan fingerprint density at radius 2 is 1.06 bits per heavy atom. The molecule has 0 bridgehead atoms. The van der Waals surface area contributed by atoms with Crippen molar-refractivity contribution in [2.45, 2.75) is 167 Å². The molecule has 0 aliphatic rings. The molecule has 0 aromatic heterocycles. The van der Waals surface area contributed by atoms with Crippen molar-refractivity contribution in [2.24, 2.45) is 5.73 Å². The maximum absolute atomic E-state index is 12.7. The first-order chi connectivity index (χ1) is 29.9. The van der Waals surface area contributed by atoms with Crippen LogP contribution in [0, 0.1) is 0 Å². The third-order valence-corrected chi connectivity index (χ3v) is 9.97. The number of esters is 2. The third-order valence-electron chi connectivity index (χ3n) is 9.02. The molecule has 0 heterocycles. The highest BCUT2D eigenvalue weighted by Gasteiger charge is 2.28. The Morgan fingerprint density at radius 1 is 0.581 bits per heavy atom. The molecule has 0 fully saturated rings. The highest BCUT2D eigenvalue weighted by molar-refractivity contribution is 7.47. The molecule has 62 heavy (non-hydrogen) atoms. The summed E-state index contributed by atoms with van der Waals surface area (Å²) in [6.45, 7) is 2.31. The van der Waals surface area contributed by atoms with E-state index in [0.717, 1.165) is 64.2 Å². The zero-order valence-corrected chi connectivity index (χ0v) is 38.3. The van der Waals surface area contributed by atoms with Gasteiger partial charge in [-0.1, -0.05) is 130 Å². The van der Waals surface area contributed by atoms with Crippen LogP contribution in [0.25, 0.3) is 0 Å². The lowest BCUT2D eigenvalue weighted by atomic mass is 10.0. The molecule has 5 atom stereocenters. The number of hydrogen-bond acceptors (Lipinski definition) is 11. The monoisotopic (exact) mass is 892 g/mol. The van der Waals surface area contributed by atoms with Gasteiger partial charge in [0.05, 0.1) is 25.4 Å². The summed E-state index contributed by atoms with van der Waals surface area (Å²) in [4.78, 5) is 46.1. The number of phosphoric ester groups is 1. The van der Waals surface area contributed by atoms with Crippen LogP contribution in [0.5, 0.6) is 0 Å². The Bertz CT molecular complexity index is 1450. The molecule has 352 valence electrons. The number of carboxylic acid groups (broad SMARTS) is 1. The number of carboxylic acids is 1. The lowest BCUT2D eigenvalue weighted by Gasteiger charge is -2.20. The van der Waals surface area contributed by atoms with Gasteiger partial charge in [0.15, 0.2) is 6.10 Å². The molecule has 13 nitrogen and oxygen atoms in total. The van der Waals surface area contributed by atoms with Gasteiger partial charge in [-0.05, 0) is 96.3 Å². The van der Waals surface area contributed by atoms with Crippen LogP contribution in [0.1, 0.15) is 142 Å². The van der Waals surface area contributed by atoms with Gasteiger partial charge in [-0.2, -0.15) is 0 Å². The molecular formula is C48H78NO12P. The second-order valence-electron chi connectivity index (χ2n) is 14.8. The van der Waals surface area contributed by atoms with E-state index >= 15 is 0 Å². The van der Waals surface area contributed by atoms with Gasteiger partial charge in [-0.3, -0.25) is 23.4 Å². The van der Waals surface area contributed by atoms with E-state index in [9.17, 15) is 34.1 Å². The van der Waals surface area contributed by atoms with Crippen LogP contribution < -0.4 is 5.73 Å². The number of ether oxygens (including phenoxy) is 2. The van der Waals surface area contributed by atoms with E-state index in [1.807, 2.05) is 12.2 Å². The van der Waals surface area contributed by atoms with E-state index < -0.39 is 69.9 Å². The molecule has 0 aliphatic heterocycles. The number of allylic oxidation sites excluding steroid dienone is 15. The fourth-order valence-electron chi connectivity index (χ4n) is 5.37. The number of rotatable bonds is 40. The summed E-state index contributed by atoms with van der Waals surface area (Å²) < 4.78 is 32.5. The lowest BCUT2D eigenvalue weighted by molar-refractivity contribution is -0.161. The van der Waals surface area contributed by atoms with Crippen molar-refractivity contribution in [2.75, 3.05) is 19.8 Å². The standard InChI is InChI=1S/C48H78NO12P/c1-3-5-7-9-11-13-15-17-18-19-20-21-22-23-25-27-29-31-33-37-46(52)58-39-42(40-59-62(56,57)60-41-43(49)48(54)55)61-47(53)38-34-36-45(51)44(50)35-32-30-28-26-24-16-14-12-10-8-6-4-2/h6,8,11-14,17-18,20-21,23-26,30,32,42-45,50-51H,3-5,7,9-10,15-16,19,22,27-29,31,33-41,49H2,1-2H3,(H,54,55)(H,56,57)/b8-6-,13-11-,14-12-,18-17-,21-20-,25-23-,26-24-,32-30-/t42-,43+,44-,45-/m1/s1. The Hall–Kier alpha value is -3.68. The molecule has 6 N–H and O–H groups in total. The van der Waals surface area contributed by atoms with Crippen LogP contribution in [-0.2, 0) is 37.5 Å². The number of unbranched alkanes of at least 4 members (excludes halogenated alkanes) is 6. The van der Waals surface area contributed by atoms with E-state index in [0.29, 0.717) is 12.8 Å². The Balaban J connectivity index is 4.66. The highest BCUT2D eigenvalue weighted by atomic mass is 31.2. The SMILES string of the molecule is CC/C=C\C/C=C\C/C=C\C/C=C\C[C@@H](O)[C@H](O)CCCC(=O)O[C@H](COC(=O)CCCCC/C=C\C/C=C\C/C=C\C/C=C\CCCCC)COP(=O)(O)OC[C@H](N)C(=O)O. The summed E-state index contributed by atoms with van der Waals surface area (Å²) in [5, 5.41) is 29.6. The van der Waals surface area contributed by atoms with Gasteiger partial charge in [0.2, 0.25) is 0 Å². The zero-order valence-electron chi connectivity index (χ0n) is 37.4. The second-order valence-corrected chi connectivity index (χ2v) is 16.2. The largest absolute Gasteiger partial charge is 0.480 e. The Morgan fingerprint density at radius 3 is 1.60 bits per heavy atom. The number of aliphatic hydroxyl groups excluding tert-OH is 2. The van der Waals surface area contributed by atoms with Gasteiger partial charge in [-0.25, -0.2) is 4.57 Å². The smallest absolute Gasteiger partial charge is 0.472 e. The van der Waals surface area contributed by atoms with Gasteiger partial charge in [-0.15, -0.1) is 0 Å². The van der Waals surface area contributed by atoms with Gasteiger partial charge in [0.25, 0.3) is 0 Å². The van der Waals surface area contributed by atoms with Crippen molar-refractivity contribution in [1.29, 1.82) is 0 Å². The maximum atomic E-state index is 12.7. The minimum Gasteiger partial charge on any atom is -0.480 e. The van der Waals surface area contributed by atoms with Crippen LogP contribution >= 0.6 is 7.82 Å². The summed E-state index contributed by atoms with van der Waals surface area (Å²) in [7, 11) is -4.82. The summed E-state index contributed by atoms with van der Waals surface area (Å²) in [5.41, 5.74) is 5.32. The van der Waals surface area contributed by atoms with E-state index in [1.165, 1.54) is 19.3 Å². The third kappa shape index (κ3) is 39.2. The molecule has 0 rings (SSSR count). The number of nitrogens with two attached hydrogens (primary N) is 1. The summed E-state index contributed by atoms with van der Waals surface area (Å²) in [5.74, 6) is -2.76. The topological polar surface area (TPSA) is 212 Å². The second kappa shape index (κ2) is 41.3. The summed E-state index contributed by atoms with van der Waals surface area (Å²) in [6, 6.07) is -1.58. The lowest BCUT2D eigenvalue weighted by Crippen LogP contribution is -2.34. The molecule has 0 saturated heterocycles. The fourth-order valence-corrected chi connectivity index (χ4v) is 6.15. The Kier molecular flexibility index (Phi) is 38.9. The molecule has 0 amide bonds. The van der Waals surface area contributed by atoms with Crippen LogP contribution in [-0.4, -0.2) is 82.3 Å². The average molecular weight is 892 g/mol. The number of hydrogen-bond donors (Lipinski definition) is 5. The predicted molar refractivity (Wildman–Crippen MR) is 247 cm³/mol. The predicted octanol–water partition coefficient (Wildman–Crippen LogP) is 10.0. The van der Waals surface area contributed by atoms with Gasteiger partial charge >= 0.3 is 25.7 Å². The Labute approximate surface area is 371 Å². The van der Waals surface area contributed by atoms with Crippen molar-refractivity contribution >= 4 is 25.7 Å². The van der Waals surface area contributed by atoms with Crippen molar-refractivity contribution in [3.8, 4) is 0 Å². The van der Waals surface area contributed by atoms with Crippen molar-refractivity contribution < 1.29 is 57.7 Å². The first-order valence-corrected chi connectivity index (χ1v) is 23.9. The molecule has 14 heteroatoms.